The molecule has 0 aromatic carbocycles. The van der Waals surface area contributed by atoms with Crippen LogP contribution in [0.5, 0.6) is 0 Å². The van der Waals surface area contributed by atoms with Gasteiger partial charge in [-0.1, -0.05) is 0 Å². The third-order valence-corrected chi connectivity index (χ3v) is 3.69. The molecule has 12 heteroatoms. The van der Waals surface area contributed by atoms with E-state index in [1.807, 2.05) is 0 Å². The van der Waals surface area contributed by atoms with Crippen molar-refractivity contribution in [1.82, 2.24) is 20.5 Å². The predicted molar refractivity (Wildman–Crippen MR) is 73.1 cm³/mol. The van der Waals surface area contributed by atoms with Crippen molar-refractivity contribution in [3.63, 3.8) is 0 Å². The van der Waals surface area contributed by atoms with Crippen molar-refractivity contribution in [2.24, 2.45) is 0 Å². The zero-order valence-electron chi connectivity index (χ0n) is 11.6. The number of alkyl halides is 3. The largest absolute Gasteiger partial charge is 0.434 e. The summed E-state index contributed by atoms with van der Waals surface area (Å²) in [5, 5.41) is 20.2. The smallest absolute Gasteiger partial charge is 0.350 e. The van der Waals surface area contributed by atoms with E-state index in [1.165, 1.54) is 6.92 Å². The van der Waals surface area contributed by atoms with Crippen LogP contribution in [0.25, 0.3) is 0 Å². The van der Waals surface area contributed by atoms with Crippen molar-refractivity contribution in [3.8, 4) is 0 Å². The van der Waals surface area contributed by atoms with Gasteiger partial charge in [-0.15, -0.1) is 11.3 Å². The van der Waals surface area contributed by atoms with Crippen LogP contribution in [0.4, 0.5) is 18.9 Å². The summed E-state index contributed by atoms with van der Waals surface area (Å²) in [6.07, 6.45) is -4.44. The van der Waals surface area contributed by atoms with E-state index in [0.717, 1.165) is 16.7 Å². The molecule has 0 bridgehead atoms. The molecule has 1 amide bonds. The van der Waals surface area contributed by atoms with Gasteiger partial charge in [0.1, 0.15) is 5.69 Å². The molecular weight excluding hydrogens is 339 g/mol. The monoisotopic (exact) mass is 349 g/mol. The Hall–Kier alpha value is -2.50. The summed E-state index contributed by atoms with van der Waals surface area (Å²) in [4.78, 5) is 25.4. The normalized spacial score (nSPS) is 11.5. The molecule has 23 heavy (non-hydrogen) atoms. The number of hydrogen-bond donors (Lipinski definition) is 2. The first-order valence-corrected chi connectivity index (χ1v) is 7.07. The molecule has 0 fully saturated rings. The molecule has 2 aromatic rings. The first-order valence-electron chi connectivity index (χ1n) is 6.19. The lowest BCUT2D eigenvalue weighted by Crippen LogP contribution is -2.26. The number of nitro groups is 1. The van der Waals surface area contributed by atoms with E-state index in [-0.39, 0.29) is 29.4 Å². The molecule has 0 aliphatic rings. The number of nitrogens with one attached hydrogen (secondary N) is 2. The number of carbonyl (C=O) groups is 1. The fraction of sp³-hybridized carbons (Fsp3) is 0.364. The van der Waals surface area contributed by atoms with E-state index in [0.29, 0.717) is 0 Å². The third kappa shape index (κ3) is 3.83. The second-order valence-corrected chi connectivity index (χ2v) is 5.38. The van der Waals surface area contributed by atoms with Crippen LogP contribution >= 0.6 is 11.3 Å². The van der Waals surface area contributed by atoms with E-state index in [1.54, 1.807) is 0 Å². The molecule has 0 saturated carbocycles. The van der Waals surface area contributed by atoms with Crippen molar-refractivity contribution in [3.05, 3.63) is 37.6 Å². The Morgan fingerprint density at radius 2 is 2.22 bits per heavy atom. The van der Waals surface area contributed by atoms with Gasteiger partial charge >= 0.3 is 11.9 Å². The minimum atomic E-state index is -4.51. The molecule has 0 unspecified atom stereocenters. The van der Waals surface area contributed by atoms with Crippen LogP contribution in [-0.4, -0.2) is 32.6 Å². The summed E-state index contributed by atoms with van der Waals surface area (Å²) in [5.74, 6) is -0.784. The van der Waals surface area contributed by atoms with Crippen molar-refractivity contribution < 1.29 is 22.9 Å². The van der Waals surface area contributed by atoms with Crippen LogP contribution in [0.15, 0.2) is 5.38 Å². The average molecular weight is 349 g/mol. The second-order valence-electron chi connectivity index (χ2n) is 4.43. The zero-order valence-corrected chi connectivity index (χ0v) is 12.4. The van der Waals surface area contributed by atoms with Crippen molar-refractivity contribution >= 4 is 22.9 Å². The minimum Gasteiger partial charge on any atom is -0.350 e. The highest BCUT2D eigenvalue weighted by Crippen LogP contribution is 2.30. The van der Waals surface area contributed by atoms with Gasteiger partial charge in [-0.2, -0.15) is 18.3 Å². The fourth-order valence-electron chi connectivity index (χ4n) is 1.73. The lowest BCUT2D eigenvalue weighted by Gasteiger charge is -2.02. The van der Waals surface area contributed by atoms with Crippen molar-refractivity contribution in [2.75, 3.05) is 6.54 Å². The molecule has 2 heterocycles. The van der Waals surface area contributed by atoms with E-state index in [9.17, 15) is 28.1 Å². The van der Waals surface area contributed by atoms with Crippen molar-refractivity contribution in [2.45, 2.75) is 19.5 Å². The van der Waals surface area contributed by atoms with E-state index in [4.69, 9.17) is 0 Å². The average Bonchev–Trinajstić information content (AvgIpc) is 3.04. The summed E-state index contributed by atoms with van der Waals surface area (Å²) < 4.78 is 37.2. The lowest BCUT2D eigenvalue weighted by molar-refractivity contribution is -0.385. The first kappa shape index (κ1) is 16.9. The zero-order chi connectivity index (χ0) is 17.2. The topological polar surface area (TPSA) is 114 Å². The molecule has 2 N–H and O–H groups in total. The van der Waals surface area contributed by atoms with Gasteiger partial charge in [0.15, 0.2) is 5.69 Å². The number of aryl methyl sites for hydroxylation is 1. The van der Waals surface area contributed by atoms with Gasteiger partial charge in [0, 0.05) is 18.3 Å². The Morgan fingerprint density at radius 1 is 1.52 bits per heavy atom. The molecule has 0 atom stereocenters. The van der Waals surface area contributed by atoms with E-state index >= 15 is 0 Å². The van der Waals surface area contributed by atoms with Gasteiger partial charge in [0.05, 0.1) is 9.93 Å². The van der Waals surface area contributed by atoms with Gasteiger partial charge in [0.2, 0.25) is 5.69 Å². The Labute approximate surface area is 130 Å². The predicted octanol–water partition coefficient (Wildman–Crippen LogP) is 2.07. The molecule has 0 saturated heterocycles. The number of aromatic nitrogens is 3. The Kier molecular flexibility index (Phi) is 4.63. The van der Waals surface area contributed by atoms with Gasteiger partial charge in [-0.25, -0.2) is 4.98 Å². The van der Waals surface area contributed by atoms with Gasteiger partial charge in [-0.3, -0.25) is 20.0 Å². The van der Waals surface area contributed by atoms with Crippen LogP contribution < -0.4 is 5.32 Å². The highest BCUT2D eigenvalue weighted by Gasteiger charge is 2.33. The third-order valence-electron chi connectivity index (χ3n) is 2.78. The maximum Gasteiger partial charge on any atom is 0.434 e. The molecule has 8 nitrogen and oxygen atoms in total. The molecular formula is C11H10F3N5O3S. The summed E-state index contributed by atoms with van der Waals surface area (Å²) in [6.45, 7) is 1.38. The maximum atomic E-state index is 12.4. The standard InChI is InChI=1S/C11H10F3N5O3S/c1-5-9(19(21)22)8(18-17-5)10(20)15-3-2-7-16-6(4-23-7)11(12,13)14/h4H,2-3H2,1H3,(H,15,20)(H,17,18). The molecule has 0 spiro atoms. The Bertz CT molecular complexity index is 740. The van der Waals surface area contributed by atoms with Crippen LogP contribution in [0.1, 0.15) is 26.9 Å². The number of nitrogens with zero attached hydrogens (tertiary/aromatic N) is 3. The van der Waals surface area contributed by atoms with E-state index < -0.39 is 28.4 Å². The SMILES string of the molecule is Cc1[nH]nc(C(=O)NCCc2nc(C(F)(F)F)cs2)c1[N+](=O)[O-]. The van der Waals surface area contributed by atoms with E-state index in [2.05, 4.69) is 20.5 Å². The summed E-state index contributed by atoms with van der Waals surface area (Å²) >= 11 is 0.824. The number of amides is 1. The fourth-order valence-corrected chi connectivity index (χ4v) is 2.53. The number of carbonyl (C=O) groups excluding carboxylic acids is 1. The molecule has 2 aromatic heterocycles. The molecule has 0 aliphatic carbocycles. The molecule has 0 aliphatic heterocycles. The van der Waals surface area contributed by atoms with Gasteiger partial charge < -0.3 is 5.32 Å². The minimum absolute atomic E-state index is 0.0211. The van der Waals surface area contributed by atoms with Gasteiger partial charge in [-0.05, 0) is 6.92 Å². The second kappa shape index (κ2) is 6.32. The Morgan fingerprint density at radius 3 is 2.78 bits per heavy atom. The first-order chi connectivity index (χ1) is 10.7. The van der Waals surface area contributed by atoms with Crippen LogP contribution in [0.3, 0.4) is 0 Å². The highest BCUT2D eigenvalue weighted by atomic mass is 32.1. The van der Waals surface area contributed by atoms with Crippen LogP contribution in [0, 0.1) is 17.0 Å². The molecule has 124 valence electrons. The van der Waals surface area contributed by atoms with Gasteiger partial charge in [0.25, 0.3) is 5.91 Å². The van der Waals surface area contributed by atoms with Crippen LogP contribution in [-0.2, 0) is 12.6 Å². The number of thiazole rings is 1. The Balaban J connectivity index is 1.95. The quantitative estimate of drug-likeness (QED) is 0.634. The van der Waals surface area contributed by atoms with Crippen LogP contribution in [0.2, 0.25) is 0 Å². The summed E-state index contributed by atoms with van der Waals surface area (Å²) in [5.41, 5.74) is -1.66. The molecule has 2 rings (SSSR count). The summed E-state index contributed by atoms with van der Waals surface area (Å²) in [7, 11) is 0. The number of halogens is 3. The number of rotatable bonds is 5. The number of aromatic amines is 1. The maximum absolute atomic E-state index is 12.4. The number of hydrogen-bond acceptors (Lipinski definition) is 6. The lowest BCUT2D eigenvalue weighted by atomic mass is 10.3. The summed E-state index contributed by atoms with van der Waals surface area (Å²) in [6, 6.07) is 0. The number of H-pyrrole nitrogens is 1. The highest BCUT2D eigenvalue weighted by molar-refractivity contribution is 7.09. The molecule has 0 radical (unpaired) electrons. The van der Waals surface area contributed by atoms with Crippen molar-refractivity contribution in [1.29, 1.82) is 0 Å².